The van der Waals surface area contributed by atoms with Crippen molar-refractivity contribution in [1.82, 2.24) is 4.90 Å². The van der Waals surface area contributed by atoms with Crippen LogP contribution in [0.4, 0.5) is 13.6 Å². The molecular formula is C27H35F2NO3. The summed E-state index contributed by atoms with van der Waals surface area (Å²) < 4.78 is 40.1. The highest BCUT2D eigenvalue weighted by molar-refractivity contribution is 5.68. The fourth-order valence-electron chi connectivity index (χ4n) is 3.93. The van der Waals surface area contributed by atoms with E-state index in [1.807, 2.05) is 39.0 Å². The highest BCUT2D eigenvalue weighted by Gasteiger charge is 2.20. The van der Waals surface area contributed by atoms with Crippen LogP contribution in [0.2, 0.25) is 0 Å². The zero-order chi connectivity index (χ0) is 24.0. The monoisotopic (exact) mass is 459 g/mol. The molecule has 180 valence electrons. The summed E-state index contributed by atoms with van der Waals surface area (Å²) in [6.07, 6.45) is 3.59. The summed E-state index contributed by atoms with van der Waals surface area (Å²) in [4.78, 5) is 14.2. The zero-order valence-corrected chi connectivity index (χ0v) is 20.2. The van der Waals surface area contributed by atoms with Crippen LogP contribution < -0.4 is 4.74 Å². The van der Waals surface area contributed by atoms with Gasteiger partial charge in [-0.1, -0.05) is 40.2 Å². The van der Waals surface area contributed by atoms with E-state index in [4.69, 9.17) is 9.47 Å². The molecule has 1 amide bonds. The van der Waals surface area contributed by atoms with Crippen molar-refractivity contribution in [2.24, 2.45) is 5.41 Å². The Morgan fingerprint density at radius 2 is 1.76 bits per heavy atom. The van der Waals surface area contributed by atoms with E-state index in [9.17, 15) is 13.6 Å². The van der Waals surface area contributed by atoms with Crippen LogP contribution in [0.25, 0.3) is 11.1 Å². The topological polar surface area (TPSA) is 38.8 Å². The Balaban J connectivity index is 1.74. The first kappa shape index (κ1) is 25.0. The predicted molar refractivity (Wildman–Crippen MR) is 127 cm³/mol. The SMILES string of the molecule is CCc1c(F)cc(-c2ccc3c(c2)CCCCCN(C(=O)OCC(C)(C)C)CCO3)cc1F. The average molecular weight is 460 g/mol. The van der Waals surface area contributed by atoms with Crippen LogP contribution in [0.1, 0.15) is 58.1 Å². The summed E-state index contributed by atoms with van der Waals surface area (Å²) in [7, 11) is 0. The molecule has 0 spiro atoms. The van der Waals surface area contributed by atoms with Gasteiger partial charge >= 0.3 is 6.09 Å². The minimum absolute atomic E-state index is 0.0832. The van der Waals surface area contributed by atoms with Gasteiger partial charge in [0.2, 0.25) is 0 Å². The maximum atomic E-state index is 14.3. The molecule has 0 atom stereocenters. The van der Waals surface area contributed by atoms with Crippen LogP contribution in [-0.4, -0.2) is 37.3 Å². The van der Waals surface area contributed by atoms with E-state index in [0.717, 1.165) is 42.6 Å². The number of amides is 1. The van der Waals surface area contributed by atoms with E-state index in [1.54, 1.807) is 11.8 Å². The van der Waals surface area contributed by atoms with Gasteiger partial charge in [-0.05, 0) is 72.1 Å². The van der Waals surface area contributed by atoms with Gasteiger partial charge in [0.05, 0.1) is 13.2 Å². The Bertz CT molecular complexity index is 945. The third-order valence-corrected chi connectivity index (χ3v) is 5.77. The highest BCUT2D eigenvalue weighted by atomic mass is 19.1. The van der Waals surface area contributed by atoms with E-state index >= 15 is 0 Å². The Hall–Kier alpha value is -2.63. The third kappa shape index (κ3) is 6.92. The Morgan fingerprint density at radius 3 is 2.42 bits per heavy atom. The normalized spacial score (nSPS) is 15.3. The molecule has 0 saturated heterocycles. The Morgan fingerprint density at radius 1 is 1.03 bits per heavy atom. The van der Waals surface area contributed by atoms with Gasteiger partial charge in [0.1, 0.15) is 24.0 Å². The summed E-state index contributed by atoms with van der Waals surface area (Å²) in [6, 6.07) is 8.44. The maximum absolute atomic E-state index is 14.3. The minimum atomic E-state index is -0.515. The molecule has 0 fully saturated rings. The molecule has 0 bridgehead atoms. The highest BCUT2D eigenvalue weighted by Crippen LogP contribution is 2.30. The van der Waals surface area contributed by atoms with E-state index in [1.165, 1.54) is 12.1 Å². The van der Waals surface area contributed by atoms with Crippen LogP contribution >= 0.6 is 0 Å². The van der Waals surface area contributed by atoms with E-state index < -0.39 is 11.6 Å². The minimum Gasteiger partial charge on any atom is -0.491 e. The molecule has 6 heteroatoms. The standard InChI is InChI=1S/C27H35F2NO3/c1-5-22-23(28)16-21(17-24(22)29)19-10-11-25-20(15-19)9-7-6-8-12-30(13-14-32-25)26(31)33-18-27(2,3)4/h10-11,15-17H,5-9,12-14,18H2,1-4H3. The fourth-order valence-corrected chi connectivity index (χ4v) is 3.93. The second-order valence-corrected chi connectivity index (χ2v) is 9.86. The number of halogens is 2. The number of hydrogen-bond donors (Lipinski definition) is 0. The van der Waals surface area contributed by atoms with Gasteiger partial charge in [-0.3, -0.25) is 0 Å². The number of hydrogen-bond acceptors (Lipinski definition) is 3. The predicted octanol–water partition coefficient (Wildman–Crippen LogP) is 6.78. The van der Waals surface area contributed by atoms with Crippen LogP contribution in [-0.2, 0) is 17.6 Å². The third-order valence-electron chi connectivity index (χ3n) is 5.77. The van der Waals surface area contributed by atoms with Gasteiger partial charge in [-0.15, -0.1) is 0 Å². The number of rotatable bonds is 3. The number of carbonyl (C=O) groups excluding carboxylic acids is 1. The molecular weight excluding hydrogens is 424 g/mol. The molecule has 0 radical (unpaired) electrons. The second-order valence-electron chi connectivity index (χ2n) is 9.86. The molecule has 1 aliphatic heterocycles. The smallest absolute Gasteiger partial charge is 0.409 e. The van der Waals surface area contributed by atoms with Crippen molar-refractivity contribution in [3.05, 3.63) is 53.1 Å². The molecule has 0 saturated carbocycles. The maximum Gasteiger partial charge on any atom is 0.409 e. The molecule has 0 N–H and O–H groups in total. The Kier molecular flexibility index (Phi) is 8.33. The van der Waals surface area contributed by atoms with Crippen molar-refractivity contribution in [3.8, 4) is 16.9 Å². The molecule has 3 rings (SSSR count). The molecule has 0 aliphatic carbocycles. The van der Waals surface area contributed by atoms with Crippen LogP contribution in [0.3, 0.4) is 0 Å². The van der Waals surface area contributed by atoms with Crippen molar-refractivity contribution in [1.29, 1.82) is 0 Å². The lowest BCUT2D eigenvalue weighted by Crippen LogP contribution is -2.37. The first-order valence-electron chi connectivity index (χ1n) is 11.8. The molecule has 0 aromatic heterocycles. The van der Waals surface area contributed by atoms with Gasteiger partial charge in [-0.2, -0.15) is 0 Å². The van der Waals surface area contributed by atoms with E-state index in [0.29, 0.717) is 38.3 Å². The molecule has 0 unspecified atom stereocenters. The van der Waals surface area contributed by atoms with Crippen molar-refractivity contribution in [3.63, 3.8) is 0 Å². The summed E-state index contributed by atoms with van der Waals surface area (Å²) in [5.41, 5.74) is 2.33. The van der Waals surface area contributed by atoms with Crippen molar-refractivity contribution < 1.29 is 23.0 Å². The number of aryl methyl sites for hydroxylation is 1. The van der Waals surface area contributed by atoms with E-state index in [-0.39, 0.29) is 17.1 Å². The largest absolute Gasteiger partial charge is 0.491 e. The summed E-state index contributed by atoms with van der Waals surface area (Å²) in [5, 5.41) is 0. The van der Waals surface area contributed by atoms with Gasteiger partial charge in [-0.25, -0.2) is 13.6 Å². The molecule has 2 aromatic rings. The van der Waals surface area contributed by atoms with Crippen LogP contribution in [0, 0.1) is 17.0 Å². The zero-order valence-electron chi connectivity index (χ0n) is 20.2. The quantitative estimate of drug-likeness (QED) is 0.508. The van der Waals surface area contributed by atoms with Gasteiger partial charge in [0.25, 0.3) is 0 Å². The second kappa shape index (κ2) is 11.0. The molecule has 1 heterocycles. The average Bonchev–Trinajstić information content (AvgIpc) is 2.80. The van der Waals surface area contributed by atoms with Crippen LogP contribution in [0.15, 0.2) is 30.3 Å². The van der Waals surface area contributed by atoms with E-state index in [2.05, 4.69) is 0 Å². The fraction of sp³-hybridized carbons (Fsp3) is 0.519. The lowest BCUT2D eigenvalue weighted by Gasteiger charge is -2.25. The van der Waals surface area contributed by atoms with Crippen molar-refractivity contribution >= 4 is 6.09 Å². The lowest BCUT2D eigenvalue weighted by atomic mass is 9.97. The van der Waals surface area contributed by atoms with Gasteiger partial charge in [0, 0.05) is 12.1 Å². The number of carbonyl (C=O) groups is 1. The molecule has 1 aliphatic rings. The van der Waals surface area contributed by atoms with Crippen molar-refractivity contribution in [2.45, 2.75) is 59.8 Å². The van der Waals surface area contributed by atoms with Gasteiger partial charge in [0.15, 0.2) is 0 Å². The Labute approximate surface area is 195 Å². The molecule has 33 heavy (non-hydrogen) atoms. The summed E-state index contributed by atoms with van der Waals surface area (Å²) in [6.45, 7) is 9.63. The first-order chi connectivity index (χ1) is 15.7. The van der Waals surface area contributed by atoms with Gasteiger partial charge < -0.3 is 14.4 Å². The first-order valence-corrected chi connectivity index (χ1v) is 11.8. The number of nitrogens with zero attached hydrogens (tertiary/aromatic N) is 1. The number of ether oxygens (including phenoxy) is 2. The molecule has 2 aromatic carbocycles. The number of fused-ring (bicyclic) bond motifs is 1. The van der Waals surface area contributed by atoms with Crippen molar-refractivity contribution in [2.75, 3.05) is 26.3 Å². The lowest BCUT2D eigenvalue weighted by molar-refractivity contribution is 0.0678. The summed E-state index contributed by atoms with van der Waals surface area (Å²) in [5.74, 6) is -0.285. The summed E-state index contributed by atoms with van der Waals surface area (Å²) >= 11 is 0. The number of benzene rings is 2. The molecule has 4 nitrogen and oxygen atoms in total. The van der Waals surface area contributed by atoms with Crippen LogP contribution in [0.5, 0.6) is 5.75 Å².